The van der Waals surface area contributed by atoms with Gasteiger partial charge in [-0.15, -0.1) is 0 Å². The number of anilines is 2. The van der Waals surface area contributed by atoms with Crippen LogP contribution in [0.4, 0.5) is 22.7 Å². The van der Waals surface area contributed by atoms with E-state index in [4.69, 9.17) is 15.7 Å². The third-order valence-corrected chi connectivity index (χ3v) is 5.50. The molecule has 0 aliphatic heterocycles. The van der Waals surface area contributed by atoms with Crippen molar-refractivity contribution in [3.63, 3.8) is 0 Å². The zero-order valence-electron chi connectivity index (χ0n) is 18.4. The van der Waals surface area contributed by atoms with Gasteiger partial charge in [0.15, 0.2) is 0 Å². The van der Waals surface area contributed by atoms with Crippen LogP contribution in [0.3, 0.4) is 0 Å². The first-order valence-electron chi connectivity index (χ1n) is 10.9. The molecule has 0 radical (unpaired) electrons. The summed E-state index contributed by atoms with van der Waals surface area (Å²) in [6, 6.07) is 30.5. The Morgan fingerprint density at radius 2 is 1.36 bits per heavy atom. The SMILES string of the molecule is Cc1cc(Nc2ccccc2)c2ccccc2c1/N=C1/C=CC(N)=C/C1=N\c1ccccc1. The Hall–Kier alpha value is -4.44. The smallest absolute Gasteiger partial charge is 0.0914 e. The van der Waals surface area contributed by atoms with Crippen molar-refractivity contribution in [1.29, 1.82) is 0 Å². The normalized spacial score (nSPS) is 15.7. The summed E-state index contributed by atoms with van der Waals surface area (Å²) >= 11 is 0. The molecule has 0 amide bonds. The van der Waals surface area contributed by atoms with Crippen LogP contribution in [0.5, 0.6) is 0 Å². The first-order valence-corrected chi connectivity index (χ1v) is 10.9. The van der Waals surface area contributed by atoms with Gasteiger partial charge in [-0.2, -0.15) is 0 Å². The Kier molecular flexibility index (Phi) is 5.56. The molecule has 33 heavy (non-hydrogen) atoms. The van der Waals surface area contributed by atoms with Crippen molar-refractivity contribution in [2.75, 3.05) is 5.32 Å². The van der Waals surface area contributed by atoms with Gasteiger partial charge in [0, 0.05) is 27.8 Å². The van der Waals surface area contributed by atoms with Crippen LogP contribution in [0.1, 0.15) is 5.56 Å². The summed E-state index contributed by atoms with van der Waals surface area (Å²) in [6.45, 7) is 2.09. The lowest BCUT2D eigenvalue weighted by Gasteiger charge is -2.15. The molecule has 0 heterocycles. The van der Waals surface area contributed by atoms with Crippen LogP contribution in [0.15, 0.2) is 125 Å². The van der Waals surface area contributed by atoms with Crippen LogP contribution in [0.25, 0.3) is 10.8 Å². The quantitative estimate of drug-likeness (QED) is 0.339. The maximum Gasteiger partial charge on any atom is 0.0914 e. The molecule has 4 aromatic rings. The molecule has 0 unspecified atom stereocenters. The lowest BCUT2D eigenvalue weighted by atomic mass is 10.0. The number of aliphatic imine (C=N–C) groups is 2. The fraction of sp³-hybridized carbons (Fsp3) is 0.0345. The van der Waals surface area contributed by atoms with Crippen LogP contribution in [-0.2, 0) is 0 Å². The molecule has 4 aromatic carbocycles. The fourth-order valence-corrected chi connectivity index (χ4v) is 3.91. The highest BCUT2D eigenvalue weighted by Crippen LogP contribution is 2.37. The van der Waals surface area contributed by atoms with Crippen molar-refractivity contribution in [2.24, 2.45) is 15.7 Å². The van der Waals surface area contributed by atoms with Gasteiger partial charge in [0.2, 0.25) is 0 Å². The largest absolute Gasteiger partial charge is 0.399 e. The number of nitrogens with zero attached hydrogens (tertiary/aromatic N) is 2. The van der Waals surface area contributed by atoms with E-state index in [1.54, 1.807) is 0 Å². The minimum atomic E-state index is 0.660. The van der Waals surface area contributed by atoms with Crippen LogP contribution in [-0.4, -0.2) is 11.4 Å². The van der Waals surface area contributed by atoms with E-state index in [9.17, 15) is 0 Å². The van der Waals surface area contributed by atoms with E-state index in [-0.39, 0.29) is 0 Å². The molecule has 0 spiro atoms. The number of aryl methyl sites for hydroxylation is 1. The monoisotopic (exact) mass is 428 g/mol. The molecule has 0 aromatic heterocycles. The minimum Gasteiger partial charge on any atom is -0.399 e. The molecular formula is C29H24N4. The Labute approximate surface area is 193 Å². The second kappa shape index (κ2) is 8.97. The maximum absolute atomic E-state index is 6.08. The highest BCUT2D eigenvalue weighted by atomic mass is 14.9. The van der Waals surface area contributed by atoms with E-state index >= 15 is 0 Å². The fourth-order valence-electron chi connectivity index (χ4n) is 3.91. The zero-order valence-corrected chi connectivity index (χ0v) is 18.4. The van der Waals surface area contributed by atoms with Crippen LogP contribution < -0.4 is 11.1 Å². The predicted molar refractivity (Wildman–Crippen MR) is 140 cm³/mol. The molecule has 4 heteroatoms. The summed E-state index contributed by atoms with van der Waals surface area (Å²) in [5, 5.41) is 5.75. The number of nitrogens with one attached hydrogen (secondary N) is 1. The van der Waals surface area contributed by atoms with E-state index in [2.05, 4.69) is 48.6 Å². The average molecular weight is 429 g/mol. The van der Waals surface area contributed by atoms with Crippen molar-refractivity contribution in [3.8, 4) is 0 Å². The first kappa shape index (κ1) is 20.5. The minimum absolute atomic E-state index is 0.660. The second-order valence-corrected chi connectivity index (χ2v) is 7.93. The van der Waals surface area contributed by atoms with Crippen LogP contribution in [0.2, 0.25) is 0 Å². The van der Waals surface area contributed by atoms with Gasteiger partial charge in [0.25, 0.3) is 0 Å². The molecule has 160 valence electrons. The molecule has 0 bridgehead atoms. The molecule has 1 aliphatic rings. The first-order chi connectivity index (χ1) is 16.2. The Balaban J connectivity index is 1.63. The van der Waals surface area contributed by atoms with E-state index in [0.717, 1.165) is 50.5 Å². The molecule has 0 saturated carbocycles. The van der Waals surface area contributed by atoms with Gasteiger partial charge in [0.1, 0.15) is 0 Å². The van der Waals surface area contributed by atoms with Crippen LogP contribution in [0, 0.1) is 6.92 Å². The number of benzene rings is 4. The van der Waals surface area contributed by atoms with Gasteiger partial charge in [-0.05, 0) is 61.0 Å². The lowest BCUT2D eigenvalue weighted by molar-refractivity contribution is 1.40. The Bertz CT molecular complexity index is 1430. The van der Waals surface area contributed by atoms with Gasteiger partial charge in [0.05, 0.1) is 22.8 Å². The number of fused-ring (bicyclic) bond motifs is 1. The summed E-state index contributed by atoms with van der Waals surface area (Å²) in [5.74, 6) is 0. The topological polar surface area (TPSA) is 62.8 Å². The number of rotatable bonds is 4. The molecule has 3 N–H and O–H groups in total. The summed E-state index contributed by atoms with van der Waals surface area (Å²) in [7, 11) is 0. The van der Waals surface area contributed by atoms with E-state index < -0.39 is 0 Å². The standard InChI is InChI=1S/C29H24N4/c1-20-18-27(31-22-10-4-2-5-11-22)24-14-8-9-15-25(24)29(20)33-26-17-16-21(30)19-28(26)32-23-12-6-3-7-13-23/h2-19,31H,30H2,1H3/b32-28+,33-26-. The maximum atomic E-state index is 6.08. The van der Waals surface area contributed by atoms with E-state index in [1.807, 2.05) is 72.8 Å². The van der Waals surface area contributed by atoms with Gasteiger partial charge in [-0.3, -0.25) is 0 Å². The highest BCUT2D eigenvalue weighted by Gasteiger charge is 2.14. The van der Waals surface area contributed by atoms with Gasteiger partial charge < -0.3 is 11.1 Å². The van der Waals surface area contributed by atoms with Crippen molar-refractivity contribution in [3.05, 3.63) is 120 Å². The van der Waals surface area contributed by atoms with Crippen LogP contribution >= 0.6 is 0 Å². The summed E-state index contributed by atoms with van der Waals surface area (Å²) < 4.78 is 0. The number of nitrogens with two attached hydrogens (primary N) is 1. The molecule has 1 aliphatic carbocycles. The summed E-state index contributed by atoms with van der Waals surface area (Å²) in [6.07, 6.45) is 5.67. The number of para-hydroxylation sites is 2. The molecule has 0 fully saturated rings. The van der Waals surface area contributed by atoms with Gasteiger partial charge >= 0.3 is 0 Å². The van der Waals surface area contributed by atoms with Gasteiger partial charge in [-0.25, -0.2) is 9.98 Å². The van der Waals surface area contributed by atoms with Crippen molar-refractivity contribution in [1.82, 2.24) is 0 Å². The highest BCUT2D eigenvalue weighted by molar-refractivity contribution is 6.52. The predicted octanol–water partition coefficient (Wildman–Crippen LogP) is 7.15. The molecular weight excluding hydrogens is 404 g/mol. The molecule has 0 saturated heterocycles. The van der Waals surface area contributed by atoms with E-state index in [0.29, 0.717) is 5.70 Å². The van der Waals surface area contributed by atoms with Crippen molar-refractivity contribution < 1.29 is 0 Å². The zero-order chi connectivity index (χ0) is 22.6. The second-order valence-electron chi connectivity index (χ2n) is 7.93. The lowest BCUT2D eigenvalue weighted by Crippen LogP contribution is -2.15. The third-order valence-electron chi connectivity index (χ3n) is 5.50. The van der Waals surface area contributed by atoms with Crippen molar-refractivity contribution in [2.45, 2.75) is 6.92 Å². The number of hydrogen-bond acceptors (Lipinski definition) is 4. The average Bonchev–Trinajstić information content (AvgIpc) is 2.84. The Morgan fingerprint density at radius 3 is 2.12 bits per heavy atom. The molecule has 4 nitrogen and oxygen atoms in total. The van der Waals surface area contributed by atoms with Gasteiger partial charge in [-0.1, -0.05) is 60.7 Å². The van der Waals surface area contributed by atoms with Crippen molar-refractivity contribution >= 4 is 44.9 Å². The molecule has 0 atom stereocenters. The molecule has 5 rings (SSSR count). The number of hydrogen-bond donors (Lipinski definition) is 2. The van der Waals surface area contributed by atoms with E-state index in [1.165, 1.54) is 0 Å². The summed E-state index contributed by atoms with van der Waals surface area (Å²) in [4.78, 5) is 9.87. The number of allylic oxidation sites excluding steroid dienone is 3. The summed E-state index contributed by atoms with van der Waals surface area (Å²) in [5.41, 5.74) is 13.2. The third kappa shape index (κ3) is 4.46. The Morgan fingerprint density at radius 1 is 0.697 bits per heavy atom.